The number of nitrogens with zero attached hydrogens (tertiary/aromatic N) is 1. The molecule has 2 aromatic rings. The van der Waals surface area contributed by atoms with E-state index in [0.29, 0.717) is 16.3 Å². The van der Waals surface area contributed by atoms with E-state index in [9.17, 15) is 14.4 Å². The fraction of sp³-hybridized carbons (Fsp3) is 0.318. The van der Waals surface area contributed by atoms with Gasteiger partial charge in [0.15, 0.2) is 0 Å². The number of halogens is 1. The minimum atomic E-state index is -1.22. The SMILES string of the molecule is CC(C)(C)c1ccc(C2(C)NC(=O)N(CC(=O)Nc3cccc(Cl)c3)C2=O)cc1. The van der Waals surface area contributed by atoms with Crippen LogP contribution in [0.3, 0.4) is 0 Å². The Labute approximate surface area is 175 Å². The highest BCUT2D eigenvalue weighted by Gasteiger charge is 2.49. The molecule has 1 fully saturated rings. The second kappa shape index (κ2) is 7.52. The van der Waals surface area contributed by atoms with E-state index < -0.39 is 23.4 Å². The summed E-state index contributed by atoms with van der Waals surface area (Å²) in [7, 11) is 0. The van der Waals surface area contributed by atoms with Crippen molar-refractivity contribution in [3.05, 3.63) is 64.7 Å². The third-order valence-electron chi connectivity index (χ3n) is 5.01. The molecule has 0 spiro atoms. The summed E-state index contributed by atoms with van der Waals surface area (Å²) in [6, 6.07) is 13.6. The summed E-state index contributed by atoms with van der Waals surface area (Å²) in [6.07, 6.45) is 0. The Morgan fingerprint density at radius 2 is 1.79 bits per heavy atom. The van der Waals surface area contributed by atoms with Gasteiger partial charge in [0.2, 0.25) is 5.91 Å². The van der Waals surface area contributed by atoms with Crippen LogP contribution in [0.1, 0.15) is 38.8 Å². The zero-order chi connectivity index (χ0) is 21.4. The van der Waals surface area contributed by atoms with Crippen molar-refractivity contribution < 1.29 is 14.4 Å². The summed E-state index contributed by atoms with van der Waals surface area (Å²) in [6.45, 7) is 7.58. The molecule has 0 aromatic heterocycles. The minimum absolute atomic E-state index is 0.0210. The van der Waals surface area contributed by atoms with Gasteiger partial charge in [0, 0.05) is 10.7 Å². The summed E-state index contributed by atoms with van der Waals surface area (Å²) in [4.78, 5) is 38.7. The Hall–Kier alpha value is -2.86. The number of amides is 4. The lowest BCUT2D eigenvalue weighted by atomic mass is 9.84. The van der Waals surface area contributed by atoms with Gasteiger partial charge in [-0.15, -0.1) is 0 Å². The Balaban J connectivity index is 1.75. The zero-order valence-corrected chi connectivity index (χ0v) is 17.6. The van der Waals surface area contributed by atoms with Gasteiger partial charge in [-0.05, 0) is 41.7 Å². The first-order valence-electron chi connectivity index (χ1n) is 9.31. The number of rotatable bonds is 4. The van der Waals surface area contributed by atoms with Gasteiger partial charge in [0.25, 0.3) is 5.91 Å². The molecule has 152 valence electrons. The molecule has 1 atom stereocenters. The van der Waals surface area contributed by atoms with Crippen molar-refractivity contribution in [1.29, 1.82) is 0 Å². The molecule has 0 saturated carbocycles. The second-order valence-corrected chi connectivity index (χ2v) is 8.77. The molecule has 0 aliphatic carbocycles. The van der Waals surface area contributed by atoms with Crippen LogP contribution >= 0.6 is 11.6 Å². The number of anilines is 1. The lowest BCUT2D eigenvalue weighted by Gasteiger charge is -2.24. The van der Waals surface area contributed by atoms with E-state index in [0.717, 1.165) is 10.5 Å². The summed E-state index contributed by atoms with van der Waals surface area (Å²) < 4.78 is 0. The molecule has 2 N–H and O–H groups in total. The Bertz CT molecular complexity index is 966. The van der Waals surface area contributed by atoms with Crippen molar-refractivity contribution in [2.75, 3.05) is 11.9 Å². The molecular weight excluding hydrogens is 390 g/mol. The van der Waals surface area contributed by atoms with Crippen molar-refractivity contribution >= 4 is 35.1 Å². The van der Waals surface area contributed by atoms with Crippen LogP contribution in [0.2, 0.25) is 5.02 Å². The Kier molecular flexibility index (Phi) is 5.41. The van der Waals surface area contributed by atoms with E-state index in [1.54, 1.807) is 31.2 Å². The Morgan fingerprint density at radius 3 is 2.38 bits per heavy atom. The van der Waals surface area contributed by atoms with E-state index >= 15 is 0 Å². The van der Waals surface area contributed by atoms with Crippen LogP contribution < -0.4 is 10.6 Å². The third-order valence-corrected chi connectivity index (χ3v) is 5.25. The highest BCUT2D eigenvalue weighted by atomic mass is 35.5. The van der Waals surface area contributed by atoms with E-state index in [4.69, 9.17) is 11.6 Å². The van der Waals surface area contributed by atoms with Gasteiger partial charge < -0.3 is 10.6 Å². The maximum atomic E-state index is 13.0. The molecule has 6 nitrogen and oxygen atoms in total. The first-order chi connectivity index (χ1) is 13.5. The van der Waals surface area contributed by atoms with E-state index in [-0.39, 0.29) is 12.0 Å². The van der Waals surface area contributed by atoms with Crippen LogP contribution in [-0.2, 0) is 20.5 Å². The minimum Gasteiger partial charge on any atom is -0.324 e. The second-order valence-electron chi connectivity index (χ2n) is 8.33. The summed E-state index contributed by atoms with van der Waals surface area (Å²) in [5.74, 6) is -0.949. The van der Waals surface area contributed by atoms with Crippen LogP contribution in [0.25, 0.3) is 0 Å². The molecule has 1 unspecified atom stereocenters. The maximum Gasteiger partial charge on any atom is 0.325 e. The lowest BCUT2D eigenvalue weighted by Crippen LogP contribution is -2.42. The standard InChI is InChI=1S/C22H24ClN3O3/c1-21(2,3)14-8-10-15(11-9-14)22(4)19(28)26(20(29)25-22)13-18(27)24-17-7-5-6-16(23)12-17/h5-12H,13H2,1-4H3,(H,24,27)(H,25,29). The van der Waals surface area contributed by atoms with Gasteiger partial charge in [-0.25, -0.2) is 4.79 Å². The molecule has 1 aliphatic rings. The van der Waals surface area contributed by atoms with Crippen molar-refractivity contribution in [3.63, 3.8) is 0 Å². The van der Waals surface area contributed by atoms with Crippen LogP contribution in [0.4, 0.5) is 10.5 Å². The van der Waals surface area contributed by atoms with Crippen LogP contribution in [-0.4, -0.2) is 29.3 Å². The summed E-state index contributed by atoms with van der Waals surface area (Å²) >= 11 is 5.91. The Morgan fingerprint density at radius 1 is 1.14 bits per heavy atom. The topological polar surface area (TPSA) is 78.5 Å². The molecule has 1 aliphatic heterocycles. The molecule has 0 radical (unpaired) electrons. The highest BCUT2D eigenvalue weighted by molar-refractivity contribution is 6.30. The van der Waals surface area contributed by atoms with Crippen LogP contribution in [0.5, 0.6) is 0 Å². The molecule has 1 saturated heterocycles. The van der Waals surface area contributed by atoms with Gasteiger partial charge in [-0.3, -0.25) is 14.5 Å². The van der Waals surface area contributed by atoms with E-state index in [1.807, 2.05) is 24.3 Å². The highest BCUT2D eigenvalue weighted by Crippen LogP contribution is 2.31. The van der Waals surface area contributed by atoms with Gasteiger partial charge in [0.1, 0.15) is 12.1 Å². The van der Waals surface area contributed by atoms with Gasteiger partial charge in [-0.2, -0.15) is 0 Å². The first-order valence-corrected chi connectivity index (χ1v) is 9.69. The van der Waals surface area contributed by atoms with E-state index in [2.05, 4.69) is 31.4 Å². The predicted octanol–water partition coefficient (Wildman–Crippen LogP) is 4.04. The molecule has 1 heterocycles. The van der Waals surface area contributed by atoms with Gasteiger partial charge >= 0.3 is 6.03 Å². The molecule has 3 rings (SSSR count). The zero-order valence-electron chi connectivity index (χ0n) is 16.9. The molecular formula is C22H24ClN3O3. The number of benzene rings is 2. The average molecular weight is 414 g/mol. The molecule has 7 heteroatoms. The third kappa shape index (κ3) is 4.27. The number of nitrogens with one attached hydrogen (secondary N) is 2. The number of urea groups is 1. The van der Waals surface area contributed by atoms with Crippen molar-refractivity contribution in [2.45, 2.75) is 38.6 Å². The van der Waals surface area contributed by atoms with Crippen molar-refractivity contribution in [1.82, 2.24) is 10.2 Å². The predicted molar refractivity (Wildman–Crippen MR) is 113 cm³/mol. The summed E-state index contributed by atoms with van der Waals surface area (Å²) in [5.41, 5.74) is 1.05. The fourth-order valence-electron chi connectivity index (χ4n) is 3.25. The first kappa shape index (κ1) is 20.9. The molecule has 29 heavy (non-hydrogen) atoms. The number of carbonyl (C=O) groups excluding carboxylic acids is 3. The van der Waals surface area contributed by atoms with Crippen molar-refractivity contribution in [2.24, 2.45) is 0 Å². The van der Waals surface area contributed by atoms with Gasteiger partial charge in [0.05, 0.1) is 0 Å². The van der Waals surface area contributed by atoms with Gasteiger partial charge in [-0.1, -0.05) is 62.7 Å². The smallest absolute Gasteiger partial charge is 0.324 e. The number of carbonyl (C=O) groups is 3. The fourth-order valence-corrected chi connectivity index (χ4v) is 3.44. The maximum absolute atomic E-state index is 13.0. The number of hydrogen-bond acceptors (Lipinski definition) is 3. The number of imide groups is 1. The number of hydrogen-bond donors (Lipinski definition) is 2. The van der Waals surface area contributed by atoms with E-state index in [1.165, 1.54) is 0 Å². The quantitative estimate of drug-likeness (QED) is 0.742. The summed E-state index contributed by atoms with van der Waals surface area (Å²) in [5, 5.41) is 5.84. The molecule has 4 amide bonds. The largest absolute Gasteiger partial charge is 0.325 e. The molecule has 0 bridgehead atoms. The monoisotopic (exact) mass is 413 g/mol. The van der Waals surface area contributed by atoms with Crippen LogP contribution in [0.15, 0.2) is 48.5 Å². The van der Waals surface area contributed by atoms with Crippen LogP contribution in [0, 0.1) is 0 Å². The average Bonchev–Trinajstić information content (AvgIpc) is 2.85. The van der Waals surface area contributed by atoms with Crippen molar-refractivity contribution in [3.8, 4) is 0 Å². The lowest BCUT2D eigenvalue weighted by molar-refractivity contribution is -0.133. The normalized spacial score (nSPS) is 19.3. The molecule has 2 aromatic carbocycles.